The van der Waals surface area contributed by atoms with E-state index in [0.29, 0.717) is 42.9 Å². The van der Waals surface area contributed by atoms with E-state index in [9.17, 15) is 19.2 Å². The SMILES string of the molecule is O=C(CN1CCN(C(=O)CN2C(=O)c3ccccc3C2=O)CC1)c1c[nH]c2ccccc12. The molecule has 0 unspecified atom stereocenters. The minimum Gasteiger partial charge on any atom is -0.360 e. The second kappa shape index (κ2) is 8.05. The molecule has 0 aliphatic carbocycles. The molecule has 0 spiro atoms. The van der Waals surface area contributed by atoms with Gasteiger partial charge in [0, 0.05) is 48.8 Å². The van der Waals surface area contributed by atoms with Crippen LogP contribution < -0.4 is 0 Å². The van der Waals surface area contributed by atoms with Crippen LogP contribution in [0.5, 0.6) is 0 Å². The monoisotopic (exact) mass is 430 g/mol. The average Bonchev–Trinajstić information content (AvgIpc) is 3.35. The maximum Gasteiger partial charge on any atom is 0.262 e. The molecule has 1 saturated heterocycles. The Kier molecular flexibility index (Phi) is 5.07. The Morgan fingerprint density at radius 2 is 1.44 bits per heavy atom. The highest BCUT2D eigenvalue weighted by atomic mass is 16.2. The highest BCUT2D eigenvalue weighted by Gasteiger charge is 2.37. The number of ketones is 1. The van der Waals surface area contributed by atoms with Gasteiger partial charge in [-0.2, -0.15) is 0 Å². The number of para-hydroxylation sites is 1. The van der Waals surface area contributed by atoms with Crippen molar-refractivity contribution in [2.24, 2.45) is 0 Å². The Morgan fingerprint density at radius 3 is 2.12 bits per heavy atom. The first-order valence-electron chi connectivity index (χ1n) is 10.6. The predicted molar refractivity (Wildman–Crippen MR) is 117 cm³/mol. The molecule has 0 bridgehead atoms. The van der Waals surface area contributed by atoms with Gasteiger partial charge in [0.2, 0.25) is 5.91 Å². The quantitative estimate of drug-likeness (QED) is 0.492. The standard InChI is InChI=1S/C24H22N4O4/c29-21(19-13-25-20-8-4-3-5-16(19)20)14-26-9-11-27(12-10-26)22(30)15-28-23(31)17-6-1-2-7-18(17)24(28)32/h1-8,13,25H,9-12,14-15H2. The molecule has 1 fully saturated rings. The first kappa shape index (κ1) is 20.1. The second-order valence-corrected chi connectivity index (χ2v) is 8.07. The van der Waals surface area contributed by atoms with Gasteiger partial charge in [0.25, 0.3) is 11.8 Å². The van der Waals surface area contributed by atoms with E-state index in [1.54, 1.807) is 35.4 Å². The fourth-order valence-corrected chi connectivity index (χ4v) is 4.36. The molecule has 0 radical (unpaired) electrons. The first-order chi connectivity index (χ1) is 15.5. The van der Waals surface area contributed by atoms with Crippen LogP contribution in [-0.2, 0) is 4.79 Å². The van der Waals surface area contributed by atoms with E-state index >= 15 is 0 Å². The van der Waals surface area contributed by atoms with Crippen LogP contribution in [0.15, 0.2) is 54.7 Å². The summed E-state index contributed by atoms with van der Waals surface area (Å²) in [4.78, 5) is 58.3. The number of rotatable bonds is 5. The van der Waals surface area contributed by atoms with Crippen molar-refractivity contribution in [2.45, 2.75) is 0 Å². The number of H-pyrrole nitrogens is 1. The van der Waals surface area contributed by atoms with Gasteiger partial charge in [-0.1, -0.05) is 30.3 Å². The minimum atomic E-state index is -0.429. The van der Waals surface area contributed by atoms with Crippen molar-refractivity contribution in [3.05, 3.63) is 71.4 Å². The number of Topliss-reactive ketones (excluding diaryl/α,β-unsaturated/α-hetero) is 1. The molecular formula is C24H22N4O4. The number of nitrogens with zero attached hydrogens (tertiary/aromatic N) is 3. The predicted octanol–water partition coefficient (Wildman–Crippen LogP) is 1.79. The van der Waals surface area contributed by atoms with Gasteiger partial charge in [-0.3, -0.25) is 29.0 Å². The van der Waals surface area contributed by atoms with E-state index in [1.807, 2.05) is 29.2 Å². The summed E-state index contributed by atoms with van der Waals surface area (Å²) >= 11 is 0. The molecule has 8 heteroatoms. The zero-order valence-corrected chi connectivity index (χ0v) is 17.4. The number of carbonyl (C=O) groups is 4. The van der Waals surface area contributed by atoms with E-state index < -0.39 is 11.8 Å². The highest BCUT2D eigenvalue weighted by molar-refractivity contribution is 6.22. The Hall–Kier alpha value is -3.78. The molecule has 2 aliphatic rings. The average molecular weight is 430 g/mol. The van der Waals surface area contributed by atoms with Gasteiger partial charge in [0.15, 0.2) is 5.78 Å². The number of amides is 3. The minimum absolute atomic E-state index is 0.0354. The third-order valence-electron chi connectivity index (χ3n) is 6.15. The van der Waals surface area contributed by atoms with Crippen molar-refractivity contribution >= 4 is 34.4 Å². The number of aromatic nitrogens is 1. The molecule has 3 amide bonds. The Morgan fingerprint density at radius 1 is 0.812 bits per heavy atom. The third kappa shape index (κ3) is 3.48. The van der Waals surface area contributed by atoms with E-state index in [4.69, 9.17) is 0 Å². The Balaban J connectivity index is 1.16. The van der Waals surface area contributed by atoms with Crippen molar-refractivity contribution in [1.82, 2.24) is 19.7 Å². The molecule has 0 atom stereocenters. The molecule has 3 aromatic rings. The van der Waals surface area contributed by atoms with Crippen molar-refractivity contribution in [3.63, 3.8) is 0 Å². The smallest absolute Gasteiger partial charge is 0.262 e. The van der Waals surface area contributed by atoms with Crippen molar-refractivity contribution in [2.75, 3.05) is 39.3 Å². The first-order valence-corrected chi connectivity index (χ1v) is 10.6. The lowest BCUT2D eigenvalue weighted by atomic mass is 10.1. The fraction of sp³-hybridized carbons (Fsp3) is 0.250. The van der Waals surface area contributed by atoms with Crippen LogP contribution in [0.25, 0.3) is 10.9 Å². The molecule has 2 aliphatic heterocycles. The summed E-state index contributed by atoms with van der Waals surface area (Å²) in [6, 6.07) is 14.3. The largest absolute Gasteiger partial charge is 0.360 e. The number of carbonyl (C=O) groups excluding carboxylic acids is 4. The highest BCUT2D eigenvalue weighted by Crippen LogP contribution is 2.22. The summed E-state index contributed by atoms with van der Waals surface area (Å²) in [5, 5.41) is 0.909. The Bertz CT molecular complexity index is 1200. The normalized spacial score (nSPS) is 16.6. The lowest BCUT2D eigenvalue weighted by Gasteiger charge is -2.34. The molecule has 3 heterocycles. The van der Waals surface area contributed by atoms with Crippen LogP contribution >= 0.6 is 0 Å². The van der Waals surface area contributed by atoms with E-state index in [0.717, 1.165) is 15.8 Å². The molecule has 2 aromatic carbocycles. The van der Waals surface area contributed by atoms with Crippen LogP contribution in [0.4, 0.5) is 0 Å². The van der Waals surface area contributed by atoms with E-state index in [2.05, 4.69) is 4.98 Å². The molecule has 8 nitrogen and oxygen atoms in total. The summed E-state index contributed by atoms with van der Waals surface area (Å²) in [7, 11) is 0. The summed E-state index contributed by atoms with van der Waals surface area (Å²) in [5.74, 6) is -1.08. The maximum atomic E-state index is 12.8. The number of hydrogen-bond donors (Lipinski definition) is 1. The molecule has 32 heavy (non-hydrogen) atoms. The molecule has 162 valence electrons. The molecule has 5 rings (SSSR count). The number of fused-ring (bicyclic) bond motifs is 2. The van der Waals surface area contributed by atoms with Gasteiger partial charge in [-0.15, -0.1) is 0 Å². The summed E-state index contributed by atoms with van der Waals surface area (Å²) in [6.45, 7) is 2.03. The van der Waals surface area contributed by atoms with Crippen LogP contribution in [-0.4, -0.2) is 82.5 Å². The van der Waals surface area contributed by atoms with Gasteiger partial charge >= 0.3 is 0 Å². The lowest BCUT2D eigenvalue weighted by molar-refractivity contribution is -0.133. The van der Waals surface area contributed by atoms with Crippen molar-refractivity contribution in [3.8, 4) is 0 Å². The summed E-state index contributed by atoms with van der Waals surface area (Å²) in [5.41, 5.74) is 2.28. The number of nitrogens with one attached hydrogen (secondary N) is 1. The van der Waals surface area contributed by atoms with Gasteiger partial charge in [0.05, 0.1) is 17.7 Å². The maximum absolute atomic E-state index is 12.8. The summed E-state index contributed by atoms with van der Waals surface area (Å²) in [6.07, 6.45) is 1.74. The van der Waals surface area contributed by atoms with Crippen molar-refractivity contribution in [1.29, 1.82) is 0 Å². The zero-order valence-electron chi connectivity index (χ0n) is 17.4. The number of hydrogen-bond acceptors (Lipinski definition) is 5. The van der Waals surface area contributed by atoms with Gasteiger partial charge in [0.1, 0.15) is 6.54 Å². The Labute approximate surface area is 184 Å². The number of benzene rings is 2. The number of piperazine rings is 1. The summed E-state index contributed by atoms with van der Waals surface area (Å²) < 4.78 is 0. The lowest BCUT2D eigenvalue weighted by Crippen LogP contribution is -2.52. The van der Waals surface area contributed by atoms with E-state index in [1.165, 1.54) is 0 Å². The molecule has 0 saturated carbocycles. The number of aromatic amines is 1. The molecular weight excluding hydrogens is 408 g/mol. The van der Waals surface area contributed by atoms with Gasteiger partial charge in [-0.05, 0) is 18.2 Å². The van der Waals surface area contributed by atoms with Gasteiger partial charge in [-0.25, -0.2) is 0 Å². The van der Waals surface area contributed by atoms with Crippen LogP contribution in [0, 0.1) is 0 Å². The fourth-order valence-electron chi connectivity index (χ4n) is 4.36. The molecule has 1 aromatic heterocycles. The van der Waals surface area contributed by atoms with Crippen LogP contribution in [0.2, 0.25) is 0 Å². The van der Waals surface area contributed by atoms with Gasteiger partial charge < -0.3 is 9.88 Å². The van der Waals surface area contributed by atoms with Crippen LogP contribution in [0.3, 0.4) is 0 Å². The second-order valence-electron chi connectivity index (χ2n) is 8.07. The van der Waals surface area contributed by atoms with Crippen LogP contribution in [0.1, 0.15) is 31.1 Å². The van der Waals surface area contributed by atoms with Crippen molar-refractivity contribution < 1.29 is 19.2 Å². The zero-order chi connectivity index (χ0) is 22.2. The topological polar surface area (TPSA) is 93.8 Å². The number of imide groups is 1. The third-order valence-corrected chi connectivity index (χ3v) is 6.15. The molecule has 1 N–H and O–H groups in total. The van der Waals surface area contributed by atoms with E-state index in [-0.39, 0.29) is 24.8 Å².